The monoisotopic (exact) mass is 449 g/mol. The first-order valence-corrected chi connectivity index (χ1v) is 10.5. The van der Waals surface area contributed by atoms with E-state index in [0.29, 0.717) is 10.6 Å². The van der Waals surface area contributed by atoms with Gasteiger partial charge >= 0.3 is 5.97 Å². The van der Waals surface area contributed by atoms with Crippen molar-refractivity contribution in [2.24, 2.45) is 0 Å². The van der Waals surface area contributed by atoms with Crippen LogP contribution in [0.2, 0.25) is 0 Å². The predicted octanol–water partition coefficient (Wildman–Crippen LogP) is 1.75. The van der Waals surface area contributed by atoms with Crippen LogP contribution in [-0.4, -0.2) is 32.8 Å². The van der Waals surface area contributed by atoms with Gasteiger partial charge in [-0.25, -0.2) is 18.1 Å². The van der Waals surface area contributed by atoms with Crippen molar-refractivity contribution < 1.29 is 27.5 Å². The molecule has 0 spiro atoms. The third-order valence-corrected chi connectivity index (χ3v) is 5.81. The summed E-state index contributed by atoms with van der Waals surface area (Å²) in [6.07, 6.45) is 0. The van der Waals surface area contributed by atoms with Gasteiger partial charge in [0.25, 0.3) is 21.8 Å². The van der Waals surface area contributed by atoms with Crippen molar-refractivity contribution in [2.75, 3.05) is 17.2 Å². The van der Waals surface area contributed by atoms with Gasteiger partial charge in [0.2, 0.25) is 0 Å². The van der Waals surface area contributed by atoms with E-state index in [2.05, 4.69) is 4.72 Å². The molecule has 0 radical (unpaired) electrons. The highest BCUT2D eigenvalue weighted by Gasteiger charge is 2.40. The number of anilines is 2. The lowest BCUT2D eigenvalue weighted by atomic mass is 10.2. The Labute approximate surface area is 177 Å². The number of nitrogens with one attached hydrogen (secondary N) is 1. The van der Waals surface area contributed by atoms with Crippen molar-refractivity contribution in [3.8, 4) is 0 Å². The van der Waals surface area contributed by atoms with Gasteiger partial charge in [-0.15, -0.1) is 0 Å². The first kappa shape index (κ1) is 21.3. The third kappa shape index (κ3) is 4.00. The molecule has 0 atom stereocenters. The first-order chi connectivity index (χ1) is 14.2. The van der Waals surface area contributed by atoms with Crippen LogP contribution in [0, 0.1) is 0 Å². The van der Waals surface area contributed by atoms with Crippen molar-refractivity contribution in [3.05, 3.63) is 64.8 Å². The summed E-state index contributed by atoms with van der Waals surface area (Å²) in [6.45, 7) is 1.86. The van der Waals surface area contributed by atoms with Gasteiger partial charge in [-0.05, 0) is 55.5 Å². The summed E-state index contributed by atoms with van der Waals surface area (Å²) >= 11 is 5.96. The Morgan fingerprint density at radius 3 is 2.23 bits per heavy atom. The highest BCUT2D eigenvalue weighted by atomic mass is 35.5. The zero-order valence-corrected chi connectivity index (χ0v) is 17.2. The van der Waals surface area contributed by atoms with Crippen LogP contribution in [0.15, 0.2) is 64.2 Å². The minimum absolute atomic E-state index is 0.109. The van der Waals surface area contributed by atoms with Gasteiger partial charge in [-0.3, -0.25) is 14.3 Å². The van der Waals surface area contributed by atoms with E-state index in [9.17, 15) is 22.8 Å². The minimum Gasteiger partial charge on any atom is -0.462 e. The molecule has 1 aliphatic heterocycles. The molecule has 1 heterocycles. The molecule has 0 unspecified atom stereocenters. The molecule has 3 N–H and O–H groups in total. The van der Waals surface area contributed by atoms with Crippen LogP contribution in [-0.2, 0) is 24.3 Å². The molecule has 0 aromatic heterocycles. The number of nitrogens with zero attached hydrogens (tertiary/aromatic N) is 1. The molecule has 11 heteroatoms. The summed E-state index contributed by atoms with van der Waals surface area (Å²) in [7, 11) is -4.19. The number of ether oxygens (including phenoxy) is 1. The lowest BCUT2D eigenvalue weighted by Crippen LogP contribution is -2.35. The average molecular weight is 450 g/mol. The fourth-order valence-corrected chi connectivity index (χ4v) is 3.97. The van der Waals surface area contributed by atoms with Gasteiger partial charge in [-0.1, -0.05) is 11.6 Å². The number of carbonyl (C=O) groups is 3. The van der Waals surface area contributed by atoms with E-state index in [4.69, 9.17) is 22.1 Å². The number of halogens is 1. The molecular formula is C19H16ClN3O6S. The molecule has 156 valence electrons. The predicted molar refractivity (Wildman–Crippen MR) is 109 cm³/mol. The molecule has 3 rings (SSSR count). The Balaban J connectivity index is 1.86. The molecule has 2 amide bonds. The van der Waals surface area contributed by atoms with E-state index in [-0.39, 0.29) is 22.8 Å². The highest BCUT2D eigenvalue weighted by molar-refractivity contribution is 7.89. The summed E-state index contributed by atoms with van der Waals surface area (Å²) in [4.78, 5) is 37.5. The molecule has 0 bridgehead atoms. The maximum atomic E-state index is 12.7. The van der Waals surface area contributed by atoms with E-state index in [1.54, 1.807) is 6.92 Å². The van der Waals surface area contributed by atoms with E-state index in [1.807, 2.05) is 0 Å². The van der Waals surface area contributed by atoms with Crippen LogP contribution in [0.25, 0.3) is 0 Å². The number of esters is 1. The van der Waals surface area contributed by atoms with Crippen molar-refractivity contribution in [1.29, 1.82) is 0 Å². The van der Waals surface area contributed by atoms with Crippen LogP contribution in [0.5, 0.6) is 0 Å². The summed E-state index contributed by atoms with van der Waals surface area (Å²) in [5.41, 5.74) is 5.66. The van der Waals surface area contributed by atoms with E-state index in [1.165, 1.54) is 48.5 Å². The largest absolute Gasteiger partial charge is 0.462 e. The Kier molecular flexibility index (Phi) is 5.81. The summed E-state index contributed by atoms with van der Waals surface area (Å²) in [5.74, 6) is -2.41. The van der Waals surface area contributed by atoms with Crippen LogP contribution >= 0.6 is 11.6 Å². The standard InChI is InChI=1S/C19H16ClN3O6S/c1-2-29-19(26)11-3-7-13(8-4-11)23-17(24)15(20)16(18(23)25)22-30(27,28)14-9-5-12(21)6-10-14/h3-10,22H,2,21H2,1H3. The summed E-state index contributed by atoms with van der Waals surface area (Å²) in [6, 6.07) is 10.7. The zero-order chi connectivity index (χ0) is 22.1. The van der Waals surface area contributed by atoms with Crippen LogP contribution in [0.3, 0.4) is 0 Å². The SMILES string of the molecule is CCOC(=O)c1ccc(N2C(=O)C(Cl)=C(NS(=O)(=O)c3ccc(N)cc3)C2=O)cc1. The number of rotatable bonds is 6. The van der Waals surface area contributed by atoms with E-state index >= 15 is 0 Å². The molecule has 0 aliphatic carbocycles. The molecule has 2 aromatic carbocycles. The normalized spacial score (nSPS) is 14.3. The quantitative estimate of drug-likeness (QED) is 0.389. The van der Waals surface area contributed by atoms with Gasteiger partial charge in [0.1, 0.15) is 10.7 Å². The highest BCUT2D eigenvalue weighted by Crippen LogP contribution is 2.29. The fraction of sp³-hybridized carbons (Fsp3) is 0.105. The van der Waals surface area contributed by atoms with Crippen LogP contribution in [0.1, 0.15) is 17.3 Å². The molecule has 9 nitrogen and oxygen atoms in total. The Morgan fingerprint density at radius 1 is 1.07 bits per heavy atom. The number of benzene rings is 2. The van der Waals surface area contributed by atoms with Crippen molar-refractivity contribution >= 4 is 50.8 Å². The smallest absolute Gasteiger partial charge is 0.338 e. The number of hydrogen-bond donors (Lipinski definition) is 2. The van der Waals surface area contributed by atoms with Gasteiger partial charge in [-0.2, -0.15) is 0 Å². The molecule has 0 saturated carbocycles. The summed E-state index contributed by atoms with van der Waals surface area (Å²) < 4.78 is 32.0. The number of imide groups is 1. The second kappa shape index (κ2) is 8.17. The Morgan fingerprint density at radius 2 is 1.67 bits per heavy atom. The van der Waals surface area contributed by atoms with Crippen LogP contribution < -0.4 is 15.4 Å². The Hall–Kier alpha value is -3.37. The second-order valence-corrected chi connectivity index (χ2v) is 8.14. The number of sulfonamides is 1. The van der Waals surface area contributed by atoms with Gasteiger partial charge < -0.3 is 10.5 Å². The first-order valence-electron chi connectivity index (χ1n) is 8.60. The maximum absolute atomic E-state index is 12.7. The lowest BCUT2D eigenvalue weighted by molar-refractivity contribution is -0.120. The van der Waals surface area contributed by atoms with Gasteiger partial charge in [0.15, 0.2) is 0 Å². The lowest BCUT2D eigenvalue weighted by Gasteiger charge is -2.15. The molecule has 30 heavy (non-hydrogen) atoms. The van der Waals surface area contributed by atoms with E-state index in [0.717, 1.165) is 0 Å². The fourth-order valence-electron chi connectivity index (χ4n) is 2.63. The minimum atomic E-state index is -4.19. The molecule has 0 fully saturated rings. The van der Waals surface area contributed by atoms with Crippen molar-refractivity contribution in [1.82, 2.24) is 4.72 Å². The third-order valence-electron chi connectivity index (χ3n) is 4.09. The average Bonchev–Trinajstić information content (AvgIpc) is 2.92. The van der Waals surface area contributed by atoms with Crippen LogP contribution in [0.4, 0.5) is 11.4 Å². The Bertz CT molecular complexity index is 1160. The number of hydrogen-bond acceptors (Lipinski definition) is 7. The number of nitrogen functional groups attached to an aromatic ring is 1. The number of nitrogens with two attached hydrogens (primary N) is 1. The maximum Gasteiger partial charge on any atom is 0.338 e. The topological polar surface area (TPSA) is 136 Å². The van der Waals surface area contributed by atoms with Gasteiger partial charge in [0, 0.05) is 5.69 Å². The molecule has 0 saturated heterocycles. The molecular weight excluding hydrogens is 434 g/mol. The zero-order valence-electron chi connectivity index (χ0n) is 15.6. The second-order valence-electron chi connectivity index (χ2n) is 6.08. The summed E-state index contributed by atoms with van der Waals surface area (Å²) in [5, 5.41) is -0.575. The number of amides is 2. The molecule has 1 aliphatic rings. The van der Waals surface area contributed by atoms with E-state index < -0.39 is 38.5 Å². The van der Waals surface area contributed by atoms with Gasteiger partial charge in [0.05, 0.1) is 22.8 Å². The molecule has 2 aromatic rings. The van der Waals surface area contributed by atoms with Crippen molar-refractivity contribution in [2.45, 2.75) is 11.8 Å². The number of carbonyl (C=O) groups excluding carboxylic acids is 3. The van der Waals surface area contributed by atoms with Crippen molar-refractivity contribution in [3.63, 3.8) is 0 Å².